The van der Waals surface area contributed by atoms with Crippen molar-refractivity contribution in [1.82, 2.24) is 15.5 Å². The number of halogens is 2. The van der Waals surface area contributed by atoms with Crippen LogP contribution in [0.15, 0.2) is 0 Å². The highest BCUT2D eigenvalue weighted by Crippen LogP contribution is 2.21. The summed E-state index contributed by atoms with van der Waals surface area (Å²) in [7, 11) is 0. The van der Waals surface area contributed by atoms with Crippen molar-refractivity contribution in [3.63, 3.8) is 0 Å². The fraction of sp³-hybridized carbons (Fsp3) is 0.714. The van der Waals surface area contributed by atoms with Crippen molar-refractivity contribution in [2.45, 2.75) is 26.3 Å². The summed E-state index contributed by atoms with van der Waals surface area (Å²) >= 11 is 0.957. The number of aromatic nitrogens is 2. The molecule has 0 saturated carbocycles. The maximum Gasteiger partial charge on any atom is 0.291 e. The minimum atomic E-state index is -2.50. The van der Waals surface area contributed by atoms with Crippen molar-refractivity contribution in [3.8, 4) is 0 Å². The van der Waals surface area contributed by atoms with Crippen LogP contribution >= 0.6 is 11.3 Å². The first kappa shape index (κ1) is 10.5. The zero-order valence-electron chi connectivity index (χ0n) is 7.26. The number of nitrogens with zero attached hydrogens (tertiary/aromatic N) is 2. The van der Waals surface area contributed by atoms with Crippen LogP contribution in [0.4, 0.5) is 8.78 Å². The number of hydrogen-bond donors (Lipinski definition) is 1. The maximum atomic E-state index is 12.1. The molecule has 0 amide bonds. The Labute approximate surface area is 79.2 Å². The van der Waals surface area contributed by atoms with E-state index in [2.05, 4.69) is 15.5 Å². The van der Waals surface area contributed by atoms with Gasteiger partial charge in [0.25, 0.3) is 6.43 Å². The Balaban J connectivity index is 2.40. The van der Waals surface area contributed by atoms with E-state index in [1.807, 2.05) is 6.92 Å². The van der Waals surface area contributed by atoms with E-state index in [4.69, 9.17) is 0 Å². The van der Waals surface area contributed by atoms with Gasteiger partial charge >= 0.3 is 0 Å². The van der Waals surface area contributed by atoms with Gasteiger partial charge in [-0.1, -0.05) is 18.3 Å². The predicted molar refractivity (Wildman–Crippen MR) is 46.9 cm³/mol. The molecule has 0 spiro atoms. The highest BCUT2D eigenvalue weighted by atomic mass is 32.1. The molecule has 1 rings (SSSR count). The summed E-state index contributed by atoms with van der Waals surface area (Å²) in [5.74, 6) is 0. The Morgan fingerprint density at radius 2 is 2.23 bits per heavy atom. The van der Waals surface area contributed by atoms with Crippen molar-refractivity contribution in [2.24, 2.45) is 0 Å². The predicted octanol–water partition coefficient (Wildman–Crippen LogP) is 1.98. The minimum Gasteiger partial charge on any atom is -0.310 e. The van der Waals surface area contributed by atoms with E-state index in [-0.39, 0.29) is 5.01 Å². The number of hydrogen-bond acceptors (Lipinski definition) is 4. The van der Waals surface area contributed by atoms with E-state index in [1.54, 1.807) is 0 Å². The van der Waals surface area contributed by atoms with Gasteiger partial charge in [0.15, 0.2) is 5.01 Å². The van der Waals surface area contributed by atoms with E-state index in [0.717, 1.165) is 24.3 Å². The second kappa shape index (κ2) is 5.18. The Morgan fingerprint density at radius 3 is 2.77 bits per heavy atom. The van der Waals surface area contributed by atoms with Gasteiger partial charge in [-0.15, -0.1) is 10.2 Å². The molecule has 1 N–H and O–H groups in total. The zero-order chi connectivity index (χ0) is 9.68. The van der Waals surface area contributed by atoms with Crippen LogP contribution in [-0.2, 0) is 6.54 Å². The fourth-order valence-electron chi connectivity index (χ4n) is 0.798. The van der Waals surface area contributed by atoms with Gasteiger partial charge in [-0.05, 0) is 13.0 Å². The molecule has 0 atom stereocenters. The number of nitrogens with one attached hydrogen (secondary N) is 1. The van der Waals surface area contributed by atoms with Crippen LogP contribution in [0.5, 0.6) is 0 Å². The molecule has 0 bridgehead atoms. The molecular weight excluding hydrogens is 196 g/mol. The van der Waals surface area contributed by atoms with Gasteiger partial charge in [0, 0.05) is 6.54 Å². The van der Waals surface area contributed by atoms with Gasteiger partial charge in [0.1, 0.15) is 5.01 Å². The third-order valence-electron chi connectivity index (χ3n) is 1.37. The lowest BCUT2D eigenvalue weighted by Gasteiger charge is -1.96. The van der Waals surface area contributed by atoms with Gasteiger partial charge in [0.05, 0.1) is 0 Å². The van der Waals surface area contributed by atoms with Crippen LogP contribution in [0, 0.1) is 0 Å². The van der Waals surface area contributed by atoms with E-state index >= 15 is 0 Å². The zero-order valence-corrected chi connectivity index (χ0v) is 8.07. The molecule has 3 nitrogen and oxygen atoms in total. The summed E-state index contributed by atoms with van der Waals surface area (Å²) < 4.78 is 24.1. The second-order valence-corrected chi connectivity index (χ2v) is 3.61. The normalized spacial score (nSPS) is 11.1. The van der Waals surface area contributed by atoms with Crippen LogP contribution in [0.25, 0.3) is 0 Å². The van der Waals surface area contributed by atoms with E-state index in [1.165, 1.54) is 0 Å². The van der Waals surface area contributed by atoms with E-state index in [0.29, 0.717) is 11.6 Å². The lowest BCUT2D eigenvalue weighted by molar-refractivity contribution is 0.150. The van der Waals surface area contributed by atoms with E-state index < -0.39 is 6.43 Å². The molecular formula is C7H11F2N3S. The molecule has 13 heavy (non-hydrogen) atoms. The summed E-state index contributed by atoms with van der Waals surface area (Å²) in [6, 6.07) is 0. The number of alkyl halides is 2. The molecule has 0 radical (unpaired) electrons. The summed E-state index contributed by atoms with van der Waals surface area (Å²) in [5.41, 5.74) is 0. The Hall–Kier alpha value is -0.620. The van der Waals surface area contributed by atoms with Gasteiger partial charge < -0.3 is 5.32 Å². The largest absolute Gasteiger partial charge is 0.310 e. The second-order valence-electron chi connectivity index (χ2n) is 2.51. The minimum absolute atomic E-state index is 0.201. The van der Waals surface area contributed by atoms with Crippen LogP contribution in [0.2, 0.25) is 0 Å². The number of rotatable bonds is 5. The SMILES string of the molecule is CCCNCc1nnc(C(F)F)s1. The summed E-state index contributed by atoms with van der Waals surface area (Å²) in [5, 5.41) is 10.5. The quantitative estimate of drug-likeness (QED) is 0.750. The maximum absolute atomic E-state index is 12.1. The summed E-state index contributed by atoms with van der Waals surface area (Å²) in [6.45, 7) is 3.43. The molecule has 1 aromatic heterocycles. The van der Waals surface area contributed by atoms with Gasteiger partial charge in [-0.3, -0.25) is 0 Å². The van der Waals surface area contributed by atoms with Gasteiger partial charge in [-0.2, -0.15) is 0 Å². The molecule has 0 aliphatic rings. The summed E-state index contributed by atoms with van der Waals surface area (Å²) in [6.07, 6.45) is -1.49. The van der Waals surface area contributed by atoms with Crippen molar-refractivity contribution < 1.29 is 8.78 Å². The molecule has 6 heteroatoms. The first-order chi connectivity index (χ1) is 6.24. The van der Waals surface area contributed by atoms with Crippen molar-refractivity contribution in [1.29, 1.82) is 0 Å². The topological polar surface area (TPSA) is 37.8 Å². The first-order valence-electron chi connectivity index (χ1n) is 4.05. The standard InChI is InChI=1S/C7H11F2N3S/c1-2-3-10-4-5-11-12-7(13-5)6(8)9/h6,10H,2-4H2,1H3. The van der Waals surface area contributed by atoms with Crippen molar-refractivity contribution >= 4 is 11.3 Å². The fourth-order valence-corrected chi connectivity index (χ4v) is 1.47. The van der Waals surface area contributed by atoms with Gasteiger partial charge in [0.2, 0.25) is 0 Å². The first-order valence-corrected chi connectivity index (χ1v) is 4.86. The third kappa shape index (κ3) is 3.31. The van der Waals surface area contributed by atoms with Gasteiger partial charge in [-0.25, -0.2) is 8.78 Å². The van der Waals surface area contributed by atoms with Crippen molar-refractivity contribution in [3.05, 3.63) is 10.0 Å². The molecule has 0 saturated heterocycles. The molecule has 0 aliphatic carbocycles. The summed E-state index contributed by atoms with van der Waals surface area (Å²) in [4.78, 5) is 0. The lowest BCUT2D eigenvalue weighted by Crippen LogP contribution is -2.13. The van der Waals surface area contributed by atoms with Crippen LogP contribution in [0.1, 0.15) is 29.8 Å². The molecule has 1 heterocycles. The molecule has 1 aromatic rings. The van der Waals surface area contributed by atoms with E-state index in [9.17, 15) is 8.78 Å². The van der Waals surface area contributed by atoms with Crippen LogP contribution < -0.4 is 5.32 Å². The Bertz CT molecular complexity index is 252. The molecule has 74 valence electrons. The highest BCUT2D eigenvalue weighted by molar-refractivity contribution is 7.11. The van der Waals surface area contributed by atoms with Crippen LogP contribution in [-0.4, -0.2) is 16.7 Å². The third-order valence-corrected chi connectivity index (χ3v) is 2.30. The molecule has 0 unspecified atom stereocenters. The molecule has 0 fully saturated rings. The Morgan fingerprint density at radius 1 is 1.46 bits per heavy atom. The highest BCUT2D eigenvalue weighted by Gasteiger charge is 2.13. The average Bonchev–Trinajstić information content (AvgIpc) is 2.53. The monoisotopic (exact) mass is 207 g/mol. The smallest absolute Gasteiger partial charge is 0.291 e. The van der Waals surface area contributed by atoms with Crippen molar-refractivity contribution in [2.75, 3.05) is 6.54 Å². The average molecular weight is 207 g/mol. The molecule has 0 aromatic carbocycles. The Kier molecular flexibility index (Phi) is 4.17. The van der Waals surface area contributed by atoms with Crippen LogP contribution in [0.3, 0.4) is 0 Å². The lowest BCUT2D eigenvalue weighted by atomic mass is 10.5. The molecule has 0 aliphatic heterocycles.